The van der Waals surface area contributed by atoms with Crippen LogP contribution in [0.4, 0.5) is 0 Å². The van der Waals surface area contributed by atoms with Crippen LogP contribution in [0.15, 0.2) is 18.6 Å². The van der Waals surface area contributed by atoms with E-state index in [1.807, 2.05) is 18.4 Å². The predicted octanol–water partition coefficient (Wildman–Crippen LogP) is -0.162. The molecule has 1 fully saturated rings. The molecule has 27 heavy (non-hydrogen) atoms. The van der Waals surface area contributed by atoms with Crippen molar-refractivity contribution in [1.82, 2.24) is 30.4 Å². The highest BCUT2D eigenvalue weighted by molar-refractivity contribution is 5.80. The lowest BCUT2D eigenvalue weighted by molar-refractivity contribution is -0.125. The van der Waals surface area contributed by atoms with Crippen molar-refractivity contribution in [3.63, 3.8) is 0 Å². The predicted molar refractivity (Wildman–Crippen MR) is 97.7 cm³/mol. The maximum absolute atomic E-state index is 12.4. The van der Waals surface area contributed by atoms with Crippen molar-refractivity contribution in [2.75, 3.05) is 6.54 Å². The van der Waals surface area contributed by atoms with Gasteiger partial charge in [-0.1, -0.05) is 0 Å². The average molecular weight is 374 g/mol. The lowest BCUT2D eigenvalue weighted by Gasteiger charge is -2.16. The molecule has 1 aliphatic rings. The van der Waals surface area contributed by atoms with Gasteiger partial charge in [0.15, 0.2) is 0 Å². The minimum Gasteiger partial charge on any atom is -0.391 e. The van der Waals surface area contributed by atoms with Crippen molar-refractivity contribution in [3.8, 4) is 0 Å². The zero-order chi connectivity index (χ0) is 19.4. The Morgan fingerprint density at radius 3 is 2.85 bits per heavy atom. The van der Waals surface area contributed by atoms with Gasteiger partial charge >= 0.3 is 0 Å². The van der Waals surface area contributed by atoms with Gasteiger partial charge in [-0.2, -0.15) is 5.10 Å². The molecule has 2 heterocycles. The van der Waals surface area contributed by atoms with Crippen LogP contribution in [-0.2, 0) is 22.6 Å². The molecule has 2 amide bonds. The van der Waals surface area contributed by atoms with E-state index in [0.29, 0.717) is 31.6 Å². The molecule has 9 nitrogen and oxygen atoms in total. The molecule has 4 N–H and O–H groups in total. The number of aromatic amines is 1. The summed E-state index contributed by atoms with van der Waals surface area (Å²) in [7, 11) is 0. The maximum atomic E-state index is 12.4. The normalized spacial score (nSPS) is 22.0. The molecule has 0 radical (unpaired) electrons. The molecule has 2 aromatic heterocycles. The van der Waals surface area contributed by atoms with Crippen molar-refractivity contribution >= 4 is 11.8 Å². The van der Waals surface area contributed by atoms with E-state index in [-0.39, 0.29) is 24.2 Å². The molecule has 1 saturated carbocycles. The van der Waals surface area contributed by atoms with Crippen LogP contribution in [0, 0.1) is 19.8 Å². The Bertz CT molecular complexity index is 785. The highest BCUT2D eigenvalue weighted by atomic mass is 16.3. The van der Waals surface area contributed by atoms with Gasteiger partial charge in [-0.3, -0.25) is 14.7 Å². The van der Waals surface area contributed by atoms with Gasteiger partial charge < -0.3 is 20.3 Å². The van der Waals surface area contributed by atoms with Crippen LogP contribution in [0.25, 0.3) is 0 Å². The SMILES string of the molecule is Cc1ncn(CCNC(=O)[C@H]2C[C@H](NC(=O)Cc3ccn[nH]3)[C@@H](O)C2)c1C. The van der Waals surface area contributed by atoms with Crippen molar-refractivity contribution in [1.29, 1.82) is 0 Å². The van der Waals surface area contributed by atoms with E-state index in [9.17, 15) is 14.7 Å². The molecule has 2 aromatic rings. The molecular weight excluding hydrogens is 348 g/mol. The number of aliphatic hydroxyl groups excluding tert-OH is 1. The minimum absolute atomic E-state index is 0.0890. The number of imidazole rings is 1. The third-order valence-electron chi connectivity index (χ3n) is 5.15. The first-order valence-corrected chi connectivity index (χ1v) is 9.15. The number of rotatable bonds is 7. The first-order chi connectivity index (χ1) is 12.9. The first-order valence-electron chi connectivity index (χ1n) is 9.15. The fraction of sp³-hybridized carbons (Fsp3) is 0.556. The second-order valence-corrected chi connectivity index (χ2v) is 7.07. The number of amides is 2. The zero-order valence-electron chi connectivity index (χ0n) is 15.6. The molecule has 0 aromatic carbocycles. The number of carbonyl (C=O) groups is 2. The van der Waals surface area contributed by atoms with Crippen LogP contribution >= 0.6 is 0 Å². The number of hydrogen-bond donors (Lipinski definition) is 4. The molecule has 0 saturated heterocycles. The standard InChI is InChI=1S/C18H26N6O3/c1-11-12(2)24(10-20-11)6-5-19-18(27)13-7-15(16(25)8-13)22-17(26)9-14-3-4-21-23-14/h3-4,10,13,15-16,25H,5-9H2,1-2H3,(H,19,27)(H,21,23)(H,22,26)/t13-,15-,16-/m0/s1. The van der Waals surface area contributed by atoms with Gasteiger partial charge in [0.25, 0.3) is 0 Å². The second kappa shape index (κ2) is 8.34. The van der Waals surface area contributed by atoms with Crippen molar-refractivity contribution in [2.24, 2.45) is 5.92 Å². The highest BCUT2D eigenvalue weighted by Gasteiger charge is 2.37. The van der Waals surface area contributed by atoms with Crippen LogP contribution in [0.3, 0.4) is 0 Å². The molecule has 3 atom stereocenters. The number of nitrogens with one attached hydrogen (secondary N) is 3. The lowest BCUT2D eigenvalue weighted by Crippen LogP contribution is -2.41. The van der Waals surface area contributed by atoms with Crippen LogP contribution in [0.5, 0.6) is 0 Å². The highest BCUT2D eigenvalue weighted by Crippen LogP contribution is 2.26. The summed E-state index contributed by atoms with van der Waals surface area (Å²) in [6, 6.07) is 1.32. The summed E-state index contributed by atoms with van der Waals surface area (Å²) in [6.45, 7) is 5.09. The third-order valence-corrected chi connectivity index (χ3v) is 5.15. The van der Waals surface area contributed by atoms with E-state index < -0.39 is 12.1 Å². The zero-order valence-corrected chi connectivity index (χ0v) is 15.6. The quantitative estimate of drug-likeness (QED) is 0.536. The molecule has 0 unspecified atom stereocenters. The molecule has 0 bridgehead atoms. The number of H-pyrrole nitrogens is 1. The van der Waals surface area contributed by atoms with Crippen molar-refractivity contribution in [3.05, 3.63) is 35.7 Å². The Labute approximate surface area is 157 Å². The molecule has 0 aliphatic heterocycles. The summed E-state index contributed by atoms with van der Waals surface area (Å²) in [5.74, 6) is -0.591. The van der Waals surface area contributed by atoms with Crippen LogP contribution < -0.4 is 10.6 Å². The summed E-state index contributed by atoms with van der Waals surface area (Å²) in [5, 5.41) is 22.5. The summed E-state index contributed by atoms with van der Waals surface area (Å²) in [5.41, 5.74) is 2.77. The van der Waals surface area contributed by atoms with E-state index in [2.05, 4.69) is 25.8 Å². The Morgan fingerprint density at radius 2 is 2.19 bits per heavy atom. The second-order valence-electron chi connectivity index (χ2n) is 7.07. The van der Waals surface area contributed by atoms with Gasteiger partial charge in [-0.25, -0.2) is 4.98 Å². The molecular formula is C18H26N6O3. The molecule has 146 valence electrons. The number of nitrogens with zero attached hydrogens (tertiary/aromatic N) is 3. The smallest absolute Gasteiger partial charge is 0.226 e. The lowest BCUT2D eigenvalue weighted by atomic mass is 10.1. The van der Waals surface area contributed by atoms with Gasteiger partial charge in [0.1, 0.15) is 0 Å². The summed E-state index contributed by atoms with van der Waals surface area (Å²) in [6.07, 6.45) is 3.59. The van der Waals surface area contributed by atoms with Crippen LogP contribution in [-0.4, -0.2) is 55.4 Å². The van der Waals surface area contributed by atoms with Gasteiger partial charge in [0.2, 0.25) is 11.8 Å². The molecule has 1 aliphatic carbocycles. The first kappa shape index (κ1) is 19.1. The average Bonchev–Trinajstić information content (AvgIpc) is 3.33. The number of carbonyl (C=O) groups excluding carboxylic acids is 2. The van der Waals surface area contributed by atoms with Crippen molar-refractivity contribution < 1.29 is 14.7 Å². The number of hydrogen-bond acceptors (Lipinski definition) is 5. The van der Waals surface area contributed by atoms with E-state index in [1.54, 1.807) is 18.6 Å². The van der Waals surface area contributed by atoms with Crippen LogP contribution in [0.2, 0.25) is 0 Å². The number of aliphatic hydroxyl groups is 1. The van der Waals surface area contributed by atoms with Gasteiger partial charge in [0, 0.05) is 36.6 Å². The van der Waals surface area contributed by atoms with Crippen LogP contribution in [0.1, 0.15) is 29.9 Å². The van der Waals surface area contributed by atoms with E-state index >= 15 is 0 Å². The van der Waals surface area contributed by atoms with E-state index in [4.69, 9.17) is 0 Å². The summed E-state index contributed by atoms with van der Waals surface area (Å²) < 4.78 is 2.00. The fourth-order valence-corrected chi connectivity index (χ4v) is 3.41. The summed E-state index contributed by atoms with van der Waals surface area (Å²) >= 11 is 0. The monoisotopic (exact) mass is 374 g/mol. The van der Waals surface area contributed by atoms with Gasteiger partial charge in [-0.05, 0) is 32.8 Å². The van der Waals surface area contributed by atoms with Crippen molar-refractivity contribution in [2.45, 2.75) is 51.8 Å². The molecule has 3 rings (SSSR count). The Morgan fingerprint density at radius 1 is 1.37 bits per heavy atom. The Balaban J connectivity index is 1.43. The topological polar surface area (TPSA) is 125 Å². The fourth-order valence-electron chi connectivity index (χ4n) is 3.41. The largest absolute Gasteiger partial charge is 0.391 e. The molecule has 9 heteroatoms. The summed E-state index contributed by atoms with van der Waals surface area (Å²) in [4.78, 5) is 28.7. The Kier molecular flexibility index (Phi) is 5.90. The minimum atomic E-state index is -0.718. The maximum Gasteiger partial charge on any atom is 0.226 e. The van der Waals surface area contributed by atoms with Gasteiger partial charge in [0.05, 0.1) is 30.6 Å². The Hall–Kier alpha value is -2.68. The van der Waals surface area contributed by atoms with E-state index in [1.165, 1.54) is 0 Å². The van der Waals surface area contributed by atoms with E-state index in [0.717, 1.165) is 11.4 Å². The van der Waals surface area contributed by atoms with Gasteiger partial charge in [-0.15, -0.1) is 0 Å². The molecule has 0 spiro atoms. The number of aromatic nitrogens is 4. The number of aryl methyl sites for hydroxylation is 1. The third kappa shape index (κ3) is 4.73.